The number of nitrogens with one attached hydrogen (secondary N) is 1. The van der Waals surface area contributed by atoms with Gasteiger partial charge in [0.2, 0.25) is 0 Å². The molecule has 0 saturated carbocycles. The Hall–Kier alpha value is -1.93. The lowest BCUT2D eigenvalue weighted by Gasteiger charge is -2.10. The van der Waals surface area contributed by atoms with Crippen molar-refractivity contribution >= 4 is 15.9 Å². The number of rotatable bonds is 2. The monoisotopic (exact) mass is 320 g/mol. The maximum absolute atomic E-state index is 13.2. The minimum Gasteiger partial charge on any atom is -0.325 e. The van der Waals surface area contributed by atoms with Crippen LogP contribution in [-0.4, -0.2) is 4.98 Å². The van der Waals surface area contributed by atoms with Crippen LogP contribution in [0.4, 0.5) is 4.39 Å². The number of aromatic nitrogens is 1. The van der Waals surface area contributed by atoms with E-state index in [-0.39, 0.29) is 11.4 Å². The number of pyridine rings is 1. The lowest BCUT2D eigenvalue weighted by molar-refractivity contribution is 0.627. The third kappa shape index (κ3) is 2.59. The van der Waals surface area contributed by atoms with Gasteiger partial charge in [-0.15, -0.1) is 0 Å². The fraction of sp³-hybridized carbons (Fsp3) is 0.143. The van der Waals surface area contributed by atoms with Crippen molar-refractivity contribution in [3.8, 4) is 17.2 Å². The second-order valence-corrected chi connectivity index (χ2v) is 4.68. The van der Waals surface area contributed by atoms with Crippen molar-refractivity contribution in [2.45, 2.75) is 12.3 Å². The van der Waals surface area contributed by atoms with Crippen molar-refractivity contribution in [1.82, 2.24) is 4.98 Å². The molecule has 0 saturated heterocycles. The zero-order valence-electron chi connectivity index (χ0n) is 10.1. The first-order chi connectivity index (χ1) is 9.06. The van der Waals surface area contributed by atoms with Crippen LogP contribution in [0.25, 0.3) is 11.1 Å². The van der Waals surface area contributed by atoms with Crippen LogP contribution in [0.15, 0.2) is 29.1 Å². The number of halogens is 2. The summed E-state index contributed by atoms with van der Waals surface area (Å²) in [7, 11) is 0. The van der Waals surface area contributed by atoms with Crippen LogP contribution < -0.4 is 5.56 Å². The van der Waals surface area contributed by atoms with Gasteiger partial charge in [0.1, 0.15) is 17.4 Å². The molecule has 5 heteroatoms. The Morgan fingerprint density at radius 1 is 1.37 bits per heavy atom. The van der Waals surface area contributed by atoms with Gasteiger partial charge in [-0.2, -0.15) is 5.26 Å². The number of nitriles is 1. The van der Waals surface area contributed by atoms with E-state index in [1.165, 1.54) is 12.1 Å². The normalized spacial score (nSPS) is 10.2. The van der Waals surface area contributed by atoms with Crippen molar-refractivity contribution < 1.29 is 4.39 Å². The molecule has 2 aromatic rings. The predicted octanol–water partition coefficient (Wildman–Crippen LogP) is 3.26. The van der Waals surface area contributed by atoms with Gasteiger partial charge in [0.15, 0.2) is 0 Å². The van der Waals surface area contributed by atoms with Crippen LogP contribution in [0.5, 0.6) is 0 Å². The van der Waals surface area contributed by atoms with E-state index in [2.05, 4.69) is 20.9 Å². The van der Waals surface area contributed by atoms with Gasteiger partial charge in [-0.25, -0.2) is 4.39 Å². The molecule has 0 unspecified atom stereocenters. The summed E-state index contributed by atoms with van der Waals surface area (Å²) in [5.41, 5.74) is 2.18. The Labute approximate surface area is 117 Å². The third-order valence-electron chi connectivity index (χ3n) is 2.78. The minimum absolute atomic E-state index is 0.0411. The SMILES string of the molecule is Cc1cc(-c2ccc(F)cc2CBr)c(C#N)c(=O)[nH]1. The van der Waals surface area contributed by atoms with Crippen LogP contribution in [0, 0.1) is 24.1 Å². The first kappa shape index (κ1) is 13.5. The summed E-state index contributed by atoms with van der Waals surface area (Å²) in [6.45, 7) is 1.74. The van der Waals surface area contributed by atoms with Gasteiger partial charge in [-0.05, 0) is 36.2 Å². The molecule has 19 heavy (non-hydrogen) atoms. The molecule has 0 amide bonds. The van der Waals surface area contributed by atoms with Gasteiger partial charge < -0.3 is 4.98 Å². The molecule has 1 aromatic carbocycles. The second-order valence-electron chi connectivity index (χ2n) is 4.12. The van der Waals surface area contributed by atoms with Crippen LogP contribution in [0.3, 0.4) is 0 Å². The number of nitrogens with zero attached hydrogens (tertiary/aromatic N) is 1. The largest absolute Gasteiger partial charge is 0.325 e. The summed E-state index contributed by atoms with van der Waals surface area (Å²) in [5, 5.41) is 9.56. The molecule has 2 rings (SSSR count). The highest BCUT2D eigenvalue weighted by atomic mass is 79.9. The first-order valence-corrected chi connectivity index (χ1v) is 6.67. The van der Waals surface area contributed by atoms with Crippen LogP contribution in [0.1, 0.15) is 16.8 Å². The maximum atomic E-state index is 13.2. The zero-order chi connectivity index (χ0) is 14.0. The number of aromatic amines is 1. The molecular weight excluding hydrogens is 311 g/mol. The van der Waals surface area contributed by atoms with Crippen LogP contribution in [-0.2, 0) is 5.33 Å². The number of H-pyrrole nitrogens is 1. The Morgan fingerprint density at radius 2 is 2.11 bits per heavy atom. The number of alkyl halides is 1. The fourth-order valence-corrected chi connectivity index (χ4v) is 2.41. The van der Waals surface area contributed by atoms with Crippen molar-refractivity contribution in [1.29, 1.82) is 5.26 Å². The fourth-order valence-electron chi connectivity index (χ4n) is 1.95. The van der Waals surface area contributed by atoms with E-state index in [4.69, 9.17) is 5.26 Å². The lowest BCUT2D eigenvalue weighted by Crippen LogP contribution is -2.13. The molecule has 1 aromatic heterocycles. The van der Waals surface area contributed by atoms with E-state index in [9.17, 15) is 9.18 Å². The van der Waals surface area contributed by atoms with Crippen molar-refractivity contribution in [3.05, 3.63) is 57.3 Å². The number of aryl methyl sites for hydroxylation is 1. The van der Waals surface area contributed by atoms with Crippen LogP contribution >= 0.6 is 15.9 Å². The summed E-state index contributed by atoms with van der Waals surface area (Å²) >= 11 is 3.29. The minimum atomic E-state index is -0.428. The van der Waals surface area contributed by atoms with Crippen molar-refractivity contribution in [2.75, 3.05) is 0 Å². The predicted molar refractivity (Wildman–Crippen MR) is 74.5 cm³/mol. The van der Waals surface area contributed by atoms with Gasteiger partial charge >= 0.3 is 0 Å². The van der Waals surface area contributed by atoms with Crippen molar-refractivity contribution in [3.63, 3.8) is 0 Å². The quantitative estimate of drug-likeness (QED) is 0.863. The first-order valence-electron chi connectivity index (χ1n) is 5.55. The van der Waals surface area contributed by atoms with Crippen LogP contribution in [0.2, 0.25) is 0 Å². The Morgan fingerprint density at radius 3 is 2.74 bits per heavy atom. The number of hydrogen-bond donors (Lipinski definition) is 1. The summed E-state index contributed by atoms with van der Waals surface area (Å²) in [4.78, 5) is 14.4. The molecule has 0 radical (unpaired) electrons. The summed E-state index contributed by atoms with van der Waals surface area (Å²) in [6, 6.07) is 7.92. The molecule has 1 N–H and O–H groups in total. The van der Waals surface area contributed by atoms with E-state index in [0.717, 1.165) is 0 Å². The summed E-state index contributed by atoms with van der Waals surface area (Å²) in [5.74, 6) is -0.349. The second kappa shape index (κ2) is 5.37. The molecule has 96 valence electrons. The Kier molecular flexibility index (Phi) is 3.82. The number of benzene rings is 1. The van der Waals surface area contributed by atoms with Crippen molar-refractivity contribution in [2.24, 2.45) is 0 Å². The van der Waals surface area contributed by atoms with Gasteiger partial charge in [0.25, 0.3) is 5.56 Å². The van der Waals surface area contributed by atoms with Gasteiger partial charge in [0, 0.05) is 16.6 Å². The Balaban J connectivity index is 2.79. The molecule has 1 heterocycles. The molecule has 0 fully saturated rings. The molecule has 0 bridgehead atoms. The molecule has 0 aliphatic heterocycles. The molecule has 0 aliphatic carbocycles. The molecular formula is C14H10BrFN2O. The zero-order valence-corrected chi connectivity index (χ0v) is 11.7. The number of hydrogen-bond acceptors (Lipinski definition) is 2. The molecule has 3 nitrogen and oxygen atoms in total. The Bertz CT molecular complexity index is 731. The van der Waals surface area contributed by atoms with E-state index >= 15 is 0 Å². The van der Waals surface area contributed by atoms with E-state index in [0.29, 0.717) is 27.7 Å². The molecule has 0 aliphatic rings. The summed E-state index contributed by atoms with van der Waals surface area (Å²) in [6.07, 6.45) is 0. The molecule has 0 spiro atoms. The third-order valence-corrected chi connectivity index (χ3v) is 3.39. The molecule has 0 atom stereocenters. The highest BCUT2D eigenvalue weighted by Crippen LogP contribution is 2.28. The van der Waals surface area contributed by atoms with Gasteiger partial charge in [0.05, 0.1) is 0 Å². The van der Waals surface area contributed by atoms with Gasteiger partial charge in [-0.1, -0.05) is 22.0 Å². The van der Waals surface area contributed by atoms with E-state index in [1.807, 2.05) is 6.07 Å². The highest BCUT2D eigenvalue weighted by Gasteiger charge is 2.13. The van der Waals surface area contributed by atoms with Gasteiger partial charge in [-0.3, -0.25) is 4.79 Å². The maximum Gasteiger partial charge on any atom is 0.266 e. The standard InChI is InChI=1S/C14H10BrFN2O/c1-8-4-12(13(7-17)14(19)18-8)11-3-2-10(16)5-9(11)6-15/h2-5H,6H2,1H3,(H,18,19). The average molecular weight is 321 g/mol. The van der Waals surface area contributed by atoms with E-state index in [1.54, 1.807) is 19.1 Å². The lowest BCUT2D eigenvalue weighted by atomic mass is 9.97. The summed E-state index contributed by atoms with van der Waals surface area (Å²) < 4.78 is 13.2. The van der Waals surface area contributed by atoms with E-state index < -0.39 is 5.56 Å². The smallest absolute Gasteiger partial charge is 0.266 e. The topological polar surface area (TPSA) is 56.6 Å². The highest BCUT2D eigenvalue weighted by molar-refractivity contribution is 9.08. The average Bonchev–Trinajstić information content (AvgIpc) is 2.37.